The molecule has 0 bridgehead atoms. The molecule has 0 saturated heterocycles. The highest BCUT2D eigenvalue weighted by Crippen LogP contribution is 2.31. The Morgan fingerprint density at radius 1 is 1.47 bits per heavy atom. The minimum atomic E-state index is 0.0464. The second-order valence-electron chi connectivity index (χ2n) is 3.92. The highest BCUT2D eigenvalue weighted by molar-refractivity contribution is 5.97. The molecule has 0 aliphatic heterocycles. The van der Waals surface area contributed by atoms with Crippen LogP contribution in [0, 0.1) is 5.92 Å². The lowest BCUT2D eigenvalue weighted by Crippen LogP contribution is -2.33. The van der Waals surface area contributed by atoms with Gasteiger partial charge in [0.2, 0.25) is 5.91 Å². The van der Waals surface area contributed by atoms with Crippen LogP contribution in [0.15, 0.2) is 30.3 Å². The molecule has 0 radical (unpaired) electrons. The van der Waals surface area contributed by atoms with Crippen molar-refractivity contribution in [3.63, 3.8) is 0 Å². The molecule has 15 heavy (non-hydrogen) atoms. The molecular weight excluding hydrogens is 188 g/mol. The van der Waals surface area contributed by atoms with Gasteiger partial charge in [-0.2, -0.15) is 0 Å². The molecule has 2 rings (SSSR count). The van der Waals surface area contributed by atoms with Gasteiger partial charge in [0, 0.05) is 18.3 Å². The Morgan fingerprint density at radius 2 is 2.07 bits per heavy atom. The first-order valence-electron chi connectivity index (χ1n) is 5.36. The third-order valence-electron chi connectivity index (χ3n) is 2.81. The fraction of sp³-hybridized carbons (Fsp3) is 0.417. The summed E-state index contributed by atoms with van der Waals surface area (Å²) in [7, 11) is 0. The van der Waals surface area contributed by atoms with E-state index >= 15 is 0 Å². The van der Waals surface area contributed by atoms with E-state index in [-0.39, 0.29) is 17.9 Å². The number of hydrogen-bond donors (Lipinski definition) is 1. The molecule has 1 fully saturated rings. The number of para-hydroxylation sites is 1. The van der Waals surface area contributed by atoms with Gasteiger partial charge in [-0.15, -0.1) is 0 Å². The van der Waals surface area contributed by atoms with Gasteiger partial charge in [-0.05, 0) is 25.5 Å². The van der Waals surface area contributed by atoms with Crippen molar-refractivity contribution in [3.05, 3.63) is 30.3 Å². The molecule has 3 heteroatoms. The quantitative estimate of drug-likeness (QED) is 0.808. The largest absolute Gasteiger partial charge is 0.327 e. The molecule has 1 aliphatic carbocycles. The van der Waals surface area contributed by atoms with Crippen LogP contribution in [0.1, 0.15) is 13.3 Å². The van der Waals surface area contributed by atoms with Crippen LogP contribution in [0.2, 0.25) is 0 Å². The number of carbonyl (C=O) groups excluding carboxylic acids is 1. The van der Waals surface area contributed by atoms with Gasteiger partial charge in [0.1, 0.15) is 0 Å². The number of carbonyl (C=O) groups is 1. The zero-order valence-corrected chi connectivity index (χ0v) is 8.89. The number of anilines is 1. The minimum absolute atomic E-state index is 0.0464. The van der Waals surface area contributed by atoms with Gasteiger partial charge in [0.25, 0.3) is 0 Å². The Labute approximate surface area is 89.9 Å². The summed E-state index contributed by atoms with van der Waals surface area (Å²) in [5, 5.41) is 0. The van der Waals surface area contributed by atoms with Gasteiger partial charge >= 0.3 is 0 Å². The molecule has 2 N–H and O–H groups in total. The highest BCUT2D eigenvalue weighted by atomic mass is 16.2. The van der Waals surface area contributed by atoms with E-state index in [1.54, 1.807) is 4.90 Å². The van der Waals surface area contributed by atoms with E-state index in [4.69, 9.17) is 5.73 Å². The average Bonchev–Trinajstić information content (AvgIpc) is 2.98. The number of nitrogens with two attached hydrogens (primary N) is 1. The second kappa shape index (κ2) is 4.03. The first-order valence-corrected chi connectivity index (χ1v) is 5.36. The normalized spacial score (nSPS) is 23.6. The van der Waals surface area contributed by atoms with Gasteiger partial charge in [0.05, 0.1) is 5.92 Å². The maximum absolute atomic E-state index is 12.0. The number of benzene rings is 1. The van der Waals surface area contributed by atoms with Gasteiger partial charge in [0.15, 0.2) is 0 Å². The van der Waals surface area contributed by atoms with E-state index in [0.717, 1.165) is 12.1 Å². The topological polar surface area (TPSA) is 46.3 Å². The Kier molecular flexibility index (Phi) is 2.73. The molecule has 0 spiro atoms. The fourth-order valence-corrected chi connectivity index (χ4v) is 1.77. The van der Waals surface area contributed by atoms with Crippen molar-refractivity contribution >= 4 is 11.6 Å². The molecule has 1 saturated carbocycles. The summed E-state index contributed by atoms with van der Waals surface area (Å²) in [6.07, 6.45) is 0.835. The van der Waals surface area contributed by atoms with Gasteiger partial charge in [-0.1, -0.05) is 18.2 Å². The SMILES string of the molecule is CCN(C(=O)C1CC1N)c1ccccc1. The van der Waals surface area contributed by atoms with Gasteiger partial charge in [-0.25, -0.2) is 0 Å². The predicted molar refractivity (Wildman–Crippen MR) is 60.6 cm³/mol. The van der Waals surface area contributed by atoms with Gasteiger partial charge < -0.3 is 10.6 Å². The van der Waals surface area contributed by atoms with E-state index in [9.17, 15) is 4.79 Å². The van der Waals surface area contributed by atoms with E-state index in [2.05, 4.69) is 0 Å². The molecule has 80 valence electrons. The molecule has 3 nitrogen and oxygen atoms in total. The lowest BCUT2D eigenvalue weighted by atomic mass is 10.2. The fourth-order valence-electron chi connectivity index (χ4n) is 1.77. The first kappa shape index (κ1) is 10.2. The Hall–Kier alpha value is -1.35. The third-order valence-corrected chi connectivity index (χ3v) is 2.81. The van der Waals surface area contributed by atoms with Crippen LogP contribution < -0.4 is 10.6 Å². The van der Waals surface area contributed by atoms with Crippen LogP contribution in [-0.4, -0.2) is 18.5 Å². The summed E-state index contributed by atoms with van der Waals surface area (Å²) < 4.78 is 0. The summed E-state index contributed by atoms with van der Waals surface area (Å²) >= 11 is 0. The summed E-state index contributed by atoms with van der Waals surface area (Å²) in [6.45, 7) is 2.69. The second-order valence-corrected chi connectivity index (χ2v) is 3.92. The summed E-state index contributed by atoms with van der Waals surface area (Å²) in [5.74, 6) is 0.210. The average molecular weight is 204 g/mol. The molecule has 2 atom stereocenters. The Bertz CT molecular complexity index is 350. The van der Waals surface area contributed by atoms with Crippen molar-refractivity contribution in [1.82, 2.24) is 0 Å². The molecule has 2 unspecified atom stereocenters. The van der Waals surface area contributed by atoms with Crippen LogP contribution in [0.3, 0.4) is 0 Å². The lowest BCUT2D eigenvalue weighted by Gasteiger charge is -2.20. The number of rotatable bonds is 3. The molecule has 1 amide bonds. The summed E-state index contributed by atoms with van der Waals surface area (Å²) in [4.78, 5) is 13.8. The van der Waals surface area contributed by atoms with Crippen LogP contribution in [0.4, 0.5) is 5.69 Å². The van der Waals surface area contributed by atoms with Crippen molar-refractivity contribution < 1.29 is 4.79 Å². The maximum atomic E-state index is 12.0. The zero-order chi connectivity index (χ0) is 10.8. The lowest BCUT2D eigenvalue weighted by molar-refractivity contribution is -0.119. The van der Waals surface area contributed by atoms with Crippen molar-refractivity contribution in [2.24, 2.45) is 11.7 Å². The smallest absolute Gasteiger partial charge is 0.231 e. The Balaban J connectivity index is 2.14. The van der Waals surface area contributed by atoms with Crippen LogP contribution in [0.25, 0.3) is 0 Å². The highest BCUT2D eigenvalue weighted by Gasteiger charge is 2.42. The molecule has 0 heterocycles. The monoisotopic (exact) mass is 204 g/mol. The summed E-state index contributed by atoms with van der Waals surface area (Å²) in [5.41, 5.74) is 6.65. The minimum Gasteiger partial charge on any atom is -0.327 e. The number of amides is 1. The summed E-state index contributed by atoms with van der Waals surface area (Å²) in [6, 6.07) is 9.82. The van der Waals surface area contributed by atoms with E-state index in [1.807, 2.05) is 37.3 Å². The van der Waals surface area contributed by atoms with E-state index in [1.165, 1.54) is 0 Å². The zero-order valence-electron chi connectivity index (χ0n) is 8.89. The van der Waals surface area contributed by atoms with Crippen LogP contribution >= 0.6 is 0 Å². The molecule has 0 aromatic heterocycles. The maximum Gasteiger partial charge on any atom is 0.231 e. The molecule has 1 aromatic rings. The van der Waals surface area contributed by atoms with E-state index in [0.29, 0.717) is 6.54 Å². The van der Waals surface area contributed by atoms with Crippen molar-refractivity contribution in [2.75, 3.05) is 11.4 Å². The van der Waals surface area contributed by atoms with Crippen molar-refractivity contribution in [2.45, 2.75) is 19.4 Å². The Morgan fingerprint density at radius 3 is 2.53 bits per heavy atom. The predicted octanol–water partition coefficient (Wildman–Crippen LogP) is 1.39. The third kappa shape index (κ3) is 2.02. The van der Waals surface area contributed by atoms with Crippen LogP contribution in [-0.2, 0) is 4.79 Å². The first-order chi connectivity index (χ1) is 7.24. The number of nitrogens with zero attached hydrogens (tertiary/aromatic N) is 1. The number of hydrogen-bond acceptors (Lipinski definition) is 2. The molecular formula is C12H16N2O. The molecule has 1 aromatic carbocycles. The van der Waals surface area contributed by atoms with Gasteiger partial charge in [-0.3, -0.25) is 4.79 Å². The van der Waals surface area contributed by atoms with Crippen molar-refractivity contribution in [3.8, 4) is 0 Å². The standard InChI is InChI=1S/C12H16N2O/c1-2-14(9-6-4-3-5-7-9)12(15)10-8-11(10)13/h3-7,10-11H,2,8,13H2,1H3. The van der Waals surface area contributed by atoms with Crippen molar-refractivity contribution in [1.29, 1.82) is 0 Å². The molecule has 1 aliphatic rings. The van der Waals surface area contributed by atoms with E-state index < -0.39 is 0 Å². The van der Waals surface area contributed by atoms with Crippen LogP contribution in [0.5, 0.6) is 0 Å².